The van der Waals surface area contributed by atoms with Gasteiger partial charge in [0, 0.05) is 16.3 Å². The number of carboxylic acids is 1. The van der Waals surface area contributed by atoms with Crippen LogP contribution >= 0.6 is 58.2 Å². The Morgan fingerprint density at radius 3 is 2.09 bits per heavy atom. The molecular weight excluding hydrogens is 666 g/mol. The Balaban J connectivity index is 1.56. The highest BCUT2D eigenvalue weighted by molar-refractivity contribution is 8.00. The minimum atomic E-state index is -1.50. The van der Waals surface area contributed by atoms with Crippen LogP contribution in [0.1, 0.15) is 51.3 Å². The van der Waals surface area contributed by atoms with E-state index in [2.05, 4.69) is 17.6 Å². The summed E-state index contributed by atoms with van der Waals surface area (Å²) in [5, 5.41) is 13.4. The van der Waals surface area contributed by atoms with E-state index in [0.29, 0.717) is 22.9 Å². The number of hydrogen-bond donors (Lipinski definition) is 3. The van der Waals surface area contributed by atoms with Crippen molar-refractivity contribution in [3.05, 3.63) is 116 Å². The van der Waals surface area contributed by atoms with Crippen molar-refractivity contribution in [2.45, 2.75) is 29.9 Å². The van der Waals surface area contributed by atoms with Gasteiger partial charge in [-0.3, -0.25) is 9.59 Å². The van der Waals surface area contributed by atoms with Crippen LogP contribution < -0.4 is 15.4 Å². The van der Waals surface area contributed by atoms with Gasteiger partial charge < -0.3 is 20.5 Å². The molecule has 12 heteroatoms. The molecule has 0 aliphatic heterocycles. The summed E-state index contributed by atoms with van der Waals surface area (Å²) >= 11 is 25.7. The number of carboxylic acid groups (broad SMARTS) is 1. The first-order chi connectivity index (χ1) is 21.1. The first-order valence-corrected chi connectivity index (χ1v) is 15.8. The number of unbranched alkanes of at least 4 members (excludes halogenated alkanes) is 1. The van der Waals surface area contributed by atoms with Crippen LogP contribution in [-0.2, 0) is 4.79 Å². The van der Waals surface area contributed by atoms with Crippen molar-refractivity contribution in [2.24, 2.45) is 0 Å². The summed E-state index contributed by atoms with van der Waals surface area (Å²) in [6, 6.07) is 23.2. The maximum atomic E-state index is 13.6. The zero-order valence-electron chi connectivity index (χ0n) is 23.2. The standard InChI is InChI=1S/C32H26Cl4N2O5S/c1-2-3-16-43-21-14-12-19(13-15-21)37-31(40)29(18-8-5-4-6-9-18)44-22-11-7-10-20(17-22)38-30(39)23-24(32(41)42)26(34)28(36)27(35)25(23)33/h4-15,17,29H,2-3,16H2,1H3,(H,37,40)(H,38,39)(H,41,42). The van der Waals surface area contributed by atoms with Crippen LogP contribution in [0.25, 0.3) is 0 Å². The van der Waals surface area contributed by atoms with Crippen LogP contribution in [0.3, 0.4) is 0 Å². The Labute approximate surface area is 278 Å². The zero-order chi connectivity index (χ0) is 31.8. The number of halogens is 4. The number of anilines is 2. The fourth-order valence-corrected chi connectivity index (χ4v) is 6.20. The summed E-state index contributed by atoms with van der Waals surface area (Å²) in [7, 11) is 0. The molecule has 2 amide bonds. The van der Waals surface area contributed by atoms with E-state index in [1.165, 1.54) is 11.8 Å². The second kappa shape index (κ2) is 15.5. The molecule has 0 aromatic heterocycles. The quantitative estimate of drug-likeness (QED) is 0.0591. The van der Waals surface area contributed by atoms with Gasteiger partial charge >= 0.3 is 5.97 Å². The minimum absolute atomic E-state index is 0.242. The second-order valence-corrected chi connectivity index (χ2v) is 12.1. The van der Waals surface area contributed by atoms with Crippen molar-refractivity contribution >= 4 is 87.3 Å². The van der Waals surface area contributed by atoms with Crippen molar-refractivity contribution in [2.75, 3.05) is 17.2 Å². The first kappa shape index (κ1) is 33.5. The molecule has 4 aromatic rings. The summed E-state index contributed by atoms with van der Waals surface area (Å²) in [5.74, 6) is -1.88. The average Bonchev–Trinajstić information content (AvgIpc) is 3.01. The fourth-order valence-electron chi connectivity index (χ4n) is 4.10. The van der Waals surface area contributed by atoms with Crippen molar-refractivity contribution in [3.63, 3.8) is 0 Å². The lowest BCUT2D eigenvalue weighted by Crippen LogP contribution is -2.19. The van der Waals surface area contributed by atoms with Gasteiger partial charge in [-0.2, -0.15) is 0 Å². The molecule has 0 saturated heterocycles. The van der Waals surface area contributed by atoms with Gasteiger partial charge in [-0.15, -0.1) is 11.8 Å². The fraction of sp³-hybridized carbons (Fsp3) is 0.156. The summed E-state index contributed by atoms with van der Waals surface area (Å²) in [5.41, 5.74) is 0.704. The van der Waals surface area contributed by atoms with Gasteiger partial charge in [0.25, 0.3) is 5.91 Å². The van der Waals surface area contributed by atoms with Gasteiger partial charge in [-0.1, -0.05) is 96.1 Å². The van der Waals surface area contributed by atoms with Crippen LogP contribution in [0, 0.1) is 0 Å². The van der Waals surface area contributed by atoms with E-state index < -0.39 is 33.3 Å². The van der Waals surface area contributed by atoms with Crippen LogP contribution in [0.2, 0.25) is 20.1 Å². The number of ether oxygens (including phenoxy) is 1. The molecule has 0 fully saturated rings. The Morgan fingerprint density at radius 1 is 0.795 bits per heavy atom. The molecule has 0 aliphatic rings. The van der Waals surface area contributed by atoms with E-state index in [4.69, 9.17) is 51.1 Å². The topological polar surface area (TPSA) is 105 Å². The summed E-state index contributed by atoms with van der Waals surface area (Å²) in [4.78, 5) is 39.4. The number of carbonyl (C=O) groups excluding carboxylic acids is 2. The Morgan fingerprint density at radius 2 is 1.45 bits per heavy atom. The van der Waals surface area contributed by atoms with E-state index in [1.807, 2.05) is 42.5 Å². The Kier molecular flexibility index (Phi) is 11.8. The van der Waals surface area contributed by atoms with E-state index in [0.717, 1.165) is 24.2 Å². The second-order valence-electron chi connectivity index (χ2n) is 9.42. The first-order valence-electron chi connectivity index (χ1n) is 13.4. The molecule has 1 unspecified atom stereocenters. The largest absolute Gasteiger partial charge is 0.494 e. The number of benzene rings is 4. The van der Waals surface area contributed by atoms with Crippen molar-refractivity contribution in [3.8, 4) is 5.75 Å². The lowest BCUT2D eigenvalue weighted by atomic mass is 10.1. The summed E-state index contributed by atoms with van der Waals surface area (Å²) in [6.07, 6.45) is 1.99. The van der Waals surface area contributed by atoms with E-state index >= 15 is 0 Å². The maximum Gasteiger partial charge on any atom is 0.338 e. The van der Waals surface area contributed by atoms with E-state index in [-0.39, 0.29) is 21.0 Å². The van der Waals surface area contributed by atoms with Crippen molar-refractivity contribution in [1.29, 1.82) is 0 Å². The molecule has 3 N–H and O–H groups in total. The summed E-state index contributed by atoms with van der Waals surface area (Å²) < 4.78 is 5.71. The van der Waals surface area contributed by atoms with Crippen LogP contribution in [0.15, 0.2) is 83.8 Å². The molecule has 0 aliphatic carbocycles. The normalized spacial score (nSPS) is 11.5. The van der Waals surface area contributed by atoms with Gasteiger partial charge in [0.05, 0.1) is 37.8 Å². The van der Waals surface area contributed by atoms with Crippen molar-refractivity contribution < 1.29 is 24.2 Å². The number of aromatic carboxylic acids is 1. The molecule has 1 atom stereocenters. The third-order valence-electron chi connectivity index (χ3n) is 6.28. The lowest BCUT2D eigenvalue weighted by molar-refractivity contribution is -0.115. The highest BCUT2D eigenvalue weighted by Crippen LogP contribution is 2.42. The van der Waals surface area contributed by atoms with Gasteiger partial charge in [0.2, 0.25) is 5.91 Å². The van der Waals surface area contributed by atoms with Gasteiger partial charge in [0.15, 0.2) is 0 Å². The van der Waals surface area contributed by atoms with Gasteiger partial charge in [-0.05, 0) is 54.4 Å². The number of nitrogens with one attached hydrogen (secondary N) is 2. The average molecular weight is 692 g/mol. The number of hydrogen-bond acceptors (Lipinski definition) is 5. The van der Waals surface area contributed by atoms with Crippen molar-refractivity contribution in [1.82, 2.24) is 0 Å². The van der Waals surface area contributed by atoms with Crippen LogP contribution in [-0.4, -0.2) is 29.5 Å². The molecule has 0 saturated carbocycles. The predicted octanol–water partition coefficient (Wildman–Crippen LogP) is 9.90. The van der Waals surface area contributed by atoms with Gasteiger partial charge in [-0.25, -0.2) is 4.79 Å². The van der Waals surface area contributed by atoms with Crippen LogP contribution in [0.5, 0.6) is 5.75 Å². The SMILES string of the molecule is CCCCOc1ccc(NC(=O)C(Sc2cccc(NC(=O)c3c(Cl)c(Cl)c(Cl)c(Cl)c3C(=O)O)c2)c2ccccc2)cc1. The molecule has 0 bridgehead atoms. The number of amides is 2. The molecule has 7 nitrogen and oxygen atoms in total. The predicted molar refractivity (Wildman–Crippen MR) is 178 cm³/mol. The molecule has 228 valence electrons. The third-order valence-corrected chi connectivity index (χ3v) is 9.33. The molecule has 44 heavy (non-hydrogen) atoms. The third kappa shape index (κ3) is 8.20. The number of rotatable bonds is 12. The highest BCUT2D eigenvalue weighted by Gasteiger charge is 2.29. The molecule has 4 rings (SSSR count). The molecule has 0 spiro atoms. The minimum Gasteiger partial charge on any atom is -0.494 e. The summed E-state index contributed by atoms with van der Waals surface area (Å²) in [6.45, 7) is 2.72. The van der Waals surface area contributed by atoms with Crippen LogP contribution in [0.4, 0.5) is 11.4 Å². The number of carbonyl (C=O) groups is 3. The number of thioether (sulfide) groups is 1. The molecular formula is C32H26Cl4N2O5S. The van der Waals surface area contributed by atoms with E-state index in [9.17, 15) is 19.5 Å². The highest BCUT2D eigenvalue weighted by atomic mass is 35.5. The smallest absolute Gasteiger partial charge is 0.338 e. The van der Waals surface area contributed by atoms with E-state index in [1.54, 1.807) is 36.4 Å². The monoisotopic (exact) mass is 690 g/mol. The van der Waals surface area contributed by atoms with Gasteiger partial charge in [0.1, 0.15) is 11.0 Å². The Hall–Kier alpha value is -3.40. The molecule has 4 aromatic carbocycles. The molecule has 0 heterocycles. The maximum absolute atomic E-state index is 13.6. The zero-order valence-corrected chi connectivity index (χ0v) is 27.0. The molecule has 0 radical (unpaired) electrons. The Bertz CT molecular complexity index is 1670. The lowest BCUT2D eigenvalue weighted by Gasteiger charge is -2.18.